The van der Waals surface area contributed by atoms with Gasteiger partial charge in [-0.3, -0.25) is 4.79 Å². The maximum atomic E-state index is 12.4. The summed E-state index contributed by atoms with van der Waals surface area (Å²) in [7, 11) is 0. The molecule has 1 amide bonds. The monoisotopic (exact) mass is 149 g/mol. The van der Waals surface area contributed by atoms with E-state index in [4.69, 9.17) is 0 Å². The van der Waals surface area contributed by atoms with Crippen molar-refractivity contribution >= 4 is 6.41 Å². The van der Waals surface area contributed by atoms with E-state index >= 15 is 0 Å². The molecule has 0 unspecified atom stereocenters. The fourth-order valence-electron chi connectivity index (χ4n) is 1.09. The standard InChI is InChI=1S/C6H9F2NO/c7-6(8)2-1-3-9(4-6)5-10/h5H,1-4H2. The van der Waals surface area contributed by atoms with Crippen LogP contribution in [-0.2, 0) is 4.79 Å². The molecule has 2 nitrogen and oxygen atoms in total. The van der Waals surface area contributed by atoms with Gasteiger partial charge >= 0.3 is 0 Å². The summed E-state index contributed by atoms with van der Waals surface area (Å²) in [5.74, 6) is -2.65. The topological polar surface area (TPSA) is 20.3 Å². The van der Waals surface area contributed by atoms with Crippen LogP contribution in [-0.4, -0.2) is 30.3 Å². The SMILES string of the molecule is O=CN1CCCC(F)(F)C1. The molecule has 0 atom stereocenters. The first-order valence-corrected chi connectivity index (χ1v) is 3.21. The first-order valence-electron chi connectivity index (χ1n) is 3.21. The number of hydrogen-bond donors (Lipinski definition) is 0. The third kappa shape index (κ3) is 1.65. The van der Waals surface area contributed by atoms with Crippen molar-refractivity contribution in [3.05, 3.63) is 0 Å². The molecule has 0 aromatic carbocycles. The Morgan fingerprint density at radius 2 is 2.20 bits per heavy atom. The quantitative estimate of drug-likeness (QED) is 0.506. The number of hydrogen-bond acceptors (Lipinski definition) is 1. The van der Waals surface area contributed by atoms with Gasteiger partial charge in [-0.05, 0) is 6.42 Å². The molecule has 0 saturated carbocycles. The first kappa shape index (κ1) is 7.44. The summed E-state index contributed by atoms with van der Waals surface area (Å²) in [5.41, 5.74) is 0. The predicted octanol–water partition coefficient (Wildman–Crippen LogP) is 0.874. The number of amides is 1. The van der Waals surface area contributed by atoms with Crippen LogP contribution >= 0.6 is 0 Å². The van der Waals surface area contributed by atoms with Crippen molar-refractivity contribution in [2.75, 3.05) is 13.1 Å². The van der Waals surface area contributed by atoms with Gasteiger partial charge in [-0.25, -0.2) is 8.78 Å². The summed E-state index contributed by atoms with van der Waals surface area (Å²) in [6.07, 6.45) is 0.802. The third-order valence-corrected chi connectivity index (χ3v) is 1.57. The summed E-state index contributed by atoms with van der Waals surface area (Å²) in [4.78, 5) is 11.2. The van der Waals surface area contributed by atoms with Gasteiger partial charge in [0.15, 0.2) is 0 Å². The highest BCUT2D eigenvalue weighted by Gasteiger charge is 2.34. The maximum absolute atomic E-state index is 12.4. The fourth-order valence-corrected chi connectivity index (χ4v) is 1.09. The second-order valence-electron chi connectivity index (χ2n) is 2.54. The lowest BCUT2D eigenvalue weighted by Crippen LogP contribution is -2.41. The molecule has 1 aliphatic heterocycles. The molecule has 0 spiro atoms. The lowest BCUT2D eigenvalue weighted by molar-refractivity contribution is -0.128. The van der Waals surface area contributed by atoms with Gasteiger partial charge in [-0.2, -0.15) is 0 Å². The van der Waals surface area contributed by atoms with Crippen molar-refractivity contribution in [1.29, 1.82) is 0 Å². The van der Waals surface area contributed by atoms with Gasteiger partial charge in [-0.1, -0.05) is 0 Å². The number of carbonyl (C=O) groups is 1. The minimum absolute atomic E-state index is 0.0860. The van der Waals surface area contributed by atoms with Crippen LogP contribution in [0.25, 0.3) is 0 Å². The Balaban J connectivity index is 2.47. The van der Waals surface area contributed by atoms with Crippen LogP contribution in [0.3, 0.4) is 0 Å². The van der Waals surface area contributed by atoms with E-state index in [9.17, 15) is 13.6 Å². The number of likely N-dealkylation sites (tertiary alicyclic amines) is 1. The molecule has 0 aliphatic carbocycles. The number of nitrogens with zero attached hydrogens (tertiary/aromatic N) is 1. The molecule has 1 aliphatic rings. The van der Waals surface area contributed by atoms with E-state index in [-0.39, 0.29) is 6.42 Å². The molecule has 0 N–H and O–H groups in total. The second kappa shape index (κ2) is 2.52. The van der Waals surface area contributed by atoms with Crippen molar-refractivity contribution < 1.29 is 13.6 Å². The second-order valence-corrected chi connectivity index (χ2v) is 2.54. The number of piperidine rings is 1. The van der Waals surface area contributed by atoms with E-state index in [0.717, 1.165) is 4.90 Å². The minimum Gasteiger partial charge on any atom is -0.339 e. The van der Waals surface area contributed by atoms with Crippen LogP contribution < -0.4 is 0 Å². The zero-order valence-electron chi connectivity index (χ0n) is 5.52. The van der Waals surface area contributed by atoms with Crippen LogP contribution in [0.2, 0.25) is 0 Å². The van der Waals surface area contributed by atoms with Gasteiger partial charge in [0.1, 0.15) is 0 Å². The number of halogens is 2. The molecule has 1 rings (SSSR count). The average Bonchev–Trinajstić information content (AvgIpc) is 1.86. The third-order valence-electron chi connectivity index (χ3n) is 1.57. The van der Waals surface area contributed by atoms with Gasteiger partial charge in [0.05, 0.1) is 6.54 Å². The van der Waals surface area contributed by atoms with Gasteiger partial charge in [0, 0.05) is 13.0 Å². The molecule has 1 fully saturated rings. The van der Waals surface area contributed by atoms with Crippen LogP contribution in [0.1, 0.15) is 12.8 Å². The Morgan fingerprint density at radius 1 is 1.50 bits per heavy atom. The lowest BCUT2D eigenvalue weighted by atomic mass is 10.1. The molecule has 1 heterocycles. The highest BCUT2D eigenvalue weighted by Crippen LogP contribution is 2.25. The number of carbonyl (C=O) groups excluding carboxylic acids is 1. The molecular weight excluding hydrogens is 140 g/mol. The molecule has 0 aromatic heterocycles. The lowest BCUT2D eigenvalue weighted by Gasteiger charge is -2.29. The molecular formula is C6H9F2NO. The average molecular weight is 149 g/mol. The molecule has 0 radical (unpaired) electrons. The number of rotatable bonds is 1. The fraction of sp³-hybridized carbons (Fsp3) is 0.833. The van der Waals surface area contributed by atoms with E-state index in [0.29, 0.717) is 19.4 Å². The molecule has 1 saturated heterocycles. The first-order chi connectivity index (χ1) is 4.64. The summed E-state index contributed by atoms with van der Waals surface area (Å²) < 4.78 is 24.9. The normalized spacial score (nSPS) is 24.4. The molecule has 0 bridgehead atoms. The van der Waals surface area contributed by atoms with Crippen LogP contribution in [0.5, 0.6) is 0 Å². The van der Waals surface area contributed by atoms with Crippen molar-refractivity contribution in [2.24, 2.45) is 0 Å². The summed E-state index contributed by atoms with van der Waals surface area (Å²) in [5, 5.41) is 0. The van der Waals surface area contributed by atoms with Gasteiger partial charge in [0.2, 0.25) is 6.41 Å². The summed E-state index contributed by atoms with van der Waals surface area (Å²) in [6, 6.07) is 0. The Bertz CT molecular complexity index is 138. The van der Waals surface area contributed by atoms with Crippen LogP contribution in [0.15, 0.2) is 0 Å². The van der Waals surface area contributed by atoms with E-state index < -0.39 is 12.5 Å². The maximum Gasteiger partial charge on any atom is 0.265 e. The Morgan fingerprint density at radius 3 is 2.60 bits per heavy atom. The van der Waals surface area contributed by atoms with Gasteiger partial charge in [0.25, 0.3) is 5.92 Å². The Kier molecular flexibility index (Phi) is 1.87. The van der Waals surface area contributed by atoms with E-state index in [1.54, 1.807) is 0 Å². The molecule has 58 valence electrons. The van der Waals surface area contributed by atoms with E-state index in [1.807, 2.05) is 0 Å². The van der Waals surface area contributed by atoms with Crippen LogP contribution in [0, 0.1) is 0 Å². The largest absolute Gasteiger partial charge is 0.339 e. The number of alkyl halides is 2. The highest BCUT2D eigenvalue weighted by molar-refractivity contribution is 5.47. The zero-order chi connectivity index (χ0) is 7.61. The van der Waals surface area contributed by atoms with E-state index in [1.165, 1.54) is 0 Å². The molecule has 0 aromatic rings. The predicted molar refractivity (Wildman–Crippen MR) is 31.8 cm³/mol. The Hall–Kier alpha value is -0.670. The summed E-state index contributed by atoms with van der Waals surface area (Å²) in [6.45, 7) is 0.0651. The zero-order valence-corrected chi connectivity index (χ0v) is 5.52. The van der Waals surface area contributed by atoms with E-state index in [2.05, 4.69) is 0 Å². The van der Waals surface area contributed by atoms with Crippen molar-refractivity contribution in [2.45, 2.75) is 18.8 Å². The summed E-state index contributed by atoms with van der Waals surface area (Å²) >= 11 is 0. The molecule has 10 heavy (non-hydrogen) atoms. The minimum atomic E-state index is -2.65. The smallest absolute Gasteiger partial charge is 0.265 e. The van der Waals surface area contributed by atoms with Gasteiger partial charge < -0.3 is 4.90 Å². The molecule has 4 heteroatoms. The highest BCUT2D eigenvalue weighted by atomic mass is 19.3. The van der Waals surface area contributed by atoms with Crippen molar-refractivity contribution in [1.82, 2.24) is 4.90 Å². The van der Waals surface area contributed by atoms with Crippen molar-refractivity contribution in [3.63, 3.8) is 0 Å². The Labute approximate surface area is 57.8 Å². The van der Waals surface area contributed by atoms with Gasteiger partial charge in [-0.15, -0.1) is 0 Å². The van der Waals surface area contributed by atoms with Crippen LogP contribution in [0.4, 0.5) is 8.78 Å². The van der Waals surface area contributed by atoms with Crippen molar-refractivity contribution in [3.8, 4) is 0 Å².